The molecule has 60 valence electrons. The van der Waals surface area contributed by atoms with Crippen LogP contribution >= 0.6 is 0 Å². The van der Waals surface area contributed by atoms with Crippen molar-refractivity contribution >= 4 is 0 Å². The zero-order valence-corrected chi connectivity index (χ0v) is 6.47. The van der Waals surface area contributed by atoms with E-state index in [1.165, 1.54) is 0 Å². The summed E-state index contributed by atoms with van der Waals surface area (Å²) in [6.07, 6.45) is 1.72. The molecular weight excluding hydrogens is 152 g/mol. The van der Waals surface area contributed by atoms with Crippen molar-refractivity contribution in [1.82, 2.24) is 0 Å². The molecule has 3 nitrogen and oxygen atoms in total. The molecular formula is C9H8N2O. The first-order chi connectivity index (χ1) is 5.86. The number of epoxide rings is 1. The molecule has 2 saturated carbocycles. The van der Waals surface area contributed by atoms with Crippen molar-refractivity contribution in [1.29, 1.82) is 10.5 Å². The summed E-state index contributed by atoms with van der Waals surface area (Å²) in [5.41, 5.74) is 0. The smallest absolute Gasteiger partial charge is 0.0886 e. The Morgan fingerprint density at radius 1 is 1.00 bits per heavy atom. The highest BCUT2D eigenvalue weighted by molar-refractivity contribution is 5.22. The lowest BCUT2D eigenvalue weighted by atomic mass is 9.81. The van der Waals surface area contributed by atoms with E-state index in [0.29, 0.717) is 24.0 Å². The topological polar surface area (TPSA) is 60.1 Å². The van der Waals surface area contributed by atoms with E-state index in [1.807, 2.05) is 0 Å². The van der Waals surface area contributed by atoms with Crippen LogP contribution in [0, 0.1) is 46.3 Å². The van der Waals surface area contributed by atoms with E-state index in [1.54, 1.807) is 0 Å². The SMILES string of the molecule is N#CC1C(C#N)C2CC1C1OC21. The molecule has 2 bridgehead atoms. The van der Waals surface area contributed by atoms with E-state index in [2.05, 4.69) is 12.1 Å². The molecule has 1 saturated heterocycles. The third kappa shape index (κ3) is 0.519. The third-order valence-electron chi connectivity index (χ3n) is 3.56. The summed E-state index contributed by atoms with van der Waals surface area (Å²) in [6.45, 7) is 0. The molecule has 0 aromatic carbocycles. The maximum absolute atomic E-state index is 8.87. The van der Waals surface area contributed by atoms with Crippen molar-refractivity contribution in [2.24, 2.45) is 23.7 Å². The van der Waals surface area contributed by atoms with E-state index >= 15 is 0 Å². The zero-order valence-electron chi connectivity index (χ0n) is 6.47. The fourth-order valence-electron chi connectivity index (χ4n) is 2.99. The molecule has 1 aliphatic heterocycles. The molecule has 3 fully saturated rings. The van der Waals surface area contributed by atoms with Crippen LogP contribution in [0.1, 0.15) is 6.42 Å². The molecule has 6 atom stereocenters. The lowest BCUT2D eigenvalue weighted by molar-refractivity contribution is 0.256. The van der Waals surface area contributed by atoms with Crippen LogP contribution in [0.3, 0.4) is 0 Å². The number of ether oxygens (including phenoxy) is 1. The van der Waals surface area contributed by atoms with Gasteiger partial charge in [-0.1, -0.05) is 0 Å². The lowest BCUT2D eigenvalue weighted by Gasteiger charge is -2.15. The van der Waals surface area contributed by atoms with Gasteiger partial charge in [0.15, 0.2) is 0 Å². The van der Waals surface area contributed by atoms with E-state index in [0.717, 1.165) is 6.42 Å². The van der Waals surface area contributed by atoms with Crippen LogP contribution in [0.5, 0.6) is 0 Å². The van der Waals surface area contributed by atoms with Gasteiger partial charge >= 0.3 is 0 Å². The molecule has 0 spiro atoms. The molecule has 0 aromatic rings. The Morgan fingerprint density at radius 2 is 1.50 bits per heavy atom. The highest BCUT2D eigenvalue weighted by Gasteiger charge is 2.67. The second-order valence-electron chi connectivity index (χ2n) is 3.94. The number of hydrogen-bond donors (Lipinski definition) is 0. The second-order valence-corrected chi connectivity index (χ2v) is 3.94. The lowest BCUT2D eigenvalue weighted by Crippen LogP contribution is -2.25. The number of fused-ring (bicyclic) bond motifs is 5. The molecule has 3 aliphatic rings. The van der Waals surface area contributed by atoms with Gasteiger partial charge in [0.1, 0.15) is 0 Å². The molecule has 0 N–H and O–H groups in total. The van der Waals surface area contributed by atoms with Gasteiger partial charge in [0.2, 0.25) is 0 Å². The van der Waals surface area contributed by atoms with Crippen LogP contribution in [0.15, 0.2) is 0 Å². The van der Waals surface area contributed by atoms with Crippen LogP contribution in [0.25, 0.3) is 0 Å². The number of nitriles is 2. The maximum Gasteiger partial charge on any atom is 0.0886 e. The van der Waals surface area contributed by atoms with Crippen LogP contribution in [0.4, 0.5) is 0 Å². The first-order valence-corrected chi connectivity index (χ1v) is 4.31. The average molecular weight is 160 g/mol. The summed E-state index contributed by atoms with van der Waals surface area (Å²) < 4.78 is 5.40. The van der Waals surface area contributed by atoms with E-state index in [4.69, 9.17) is 15.3 Å². The van der Waals surface area contributed by atoms with E-state index in [-0.39, 0.29) is 11.8 Å². The molecule has 3 heteroatoms. The van der Waals surface area contributed by atoms with Crippen LogP contribution < -0.4 is 0 Å². The molecule has 2 aliphatic carbocycles. The summed E-state index contributed by atoms with van der Waals surface area (Å²) in [5.74, 6) is 0.636. The van der Waals surface area contributed by atoms with Gasteiger partial charge in [0.05, 0.1) is 36.2 Å². The molecule has 12 heavy (non-hydrogen) atoms. The molecule has 3 rings (SSSR count). The zero-order chi connectivity index (χ0) is 8.29. The van der Waals surface area contributed by atoms with Crippen molar-refractivity contribution in [3.8, 4) is 12.1 Å². The van der Waals surface area contributed by atoms with Gasteiger partial charge < -0.3 is 4.74 Å². The van der Waals surface area contributed by atoms with Crippen molar-refractivity contribution in [3.05, 3.63) is 0 Å². The van der Waals surface area contributed by atoms with Gasteiger partial charge in [0, 0.05) is 11.8 Å². The number of nitrogens with zero attached hydrogens (tertiary/aromatic N) is 2. The summed E-state index contributed by atoms with van der Waals surface area (Å²) >= 11 is 0. The fraction of sp³-hybridized carbons (Fsp3) is 0.778. The van der Waals surface area contributed by atoms with E-state index in [9.17, 15) is 0 Å². The Balaban J connectivity index is 1.98. The fourth-order valence-corrected chi connectivity index (χ4v) is 2.99. The van der Waals surface area contributed by atoms with Gasteiger partial charge in [-0.15, -0.1) is 0 Å². The Hall–Kier alpha value is -1.06. The molecule has 6 unspecified atom stereocenters. The first kappa shape index (κ1) is 6.46. The Morgan fingerprint density at radius 3 is 1.92 bits per heavy atom. The van der Waals surface area contributed by atoms with Gasteiger partial charge in [0.25, 0.3) is 0 Å². The van der Waals surface area contributed by atoms with Crippen LogP contribution in [-0.4, -0.2) is 12.2 Å². The van der Waals surface area contributed by atoms with Crippen molar-refractivity contribution in [3.63, 3.8) is 0 Å². The highest BCUT2D eigenvalue weighted by atomic mass is 16.6. The van der Waals surface area contributed by atoms with Crippen molar-refractivity contribution < 1.29 is 4.74 Å². The minimum Gasteiger partial charge on any atom is -0.369 e. The van der Waals surface area contributed by atoms with Crippen LogP contribution in [-0.2, 0) is 4.74 Å². The van der Waals surface area contributed by atoms with E-state index < -0.39 is 0 Å². The normalized spacial score (nSPS) is 58.8. The standard InChI is InChI=1S/C9H8N2O/c10-2-6-4-1-5(7(6)3-11)9-8(4)12-9/h4-9H,1H2. The third-order valence-corrected chi connectivity index (χ3v) is 3.56. The highest BCUT2D eigenvalue weighted by Crippen LogP contribution is 2.61. The monoisotopic (exact) mass is 160 g/mol. The summed E-state index contributed by atoms with van der Waals surface area (Å²) in [6, 6.07) is 4.50. The minimum absolute atomic E-state index is 0.0521. The number of hydrogen-bond acceptors (Lipinski definition) is 3. The van der Waals surface area contributed by atoms with Crippen LogP contribution in [0.2, 0.25) is 0 Å². The average Bonchev–Trinajstić information content (AvgIpc) is 2.73. The van der Waals surface area contributed by atoms with Gasteiger partial charge in [-0.25, -0.2) is 0 Å². The summed E-state index contributed by atoms with van der Waals surface area (Å²) in [7, 11) is 0. The van der Waals surface area contributed by atoms with Gasteiger partial charge in [-0.05, 0) is 6.42 Å². The Labute approximate surface area is 70.5 Å². The Kier molecular flexibility index (Phi) is 0.975. The maximum atomic E-state index is 8.87. The minimum atomic E-state index is -0.0521. The quantitative estimate of drug-likeness (QED) is 0.489. The Bertz CT molecular complexity index is 283. The molecule has 0 aromatic heterocycles. The van der Waals surface area contributed by atoms with Crippen molar-refractivity contribution in [2.75, 3.05) is 0 Å². The largest absolute Gasteiger partial charge is 0.369 e. The van der Waals surface area contributed by atoms with Gasteiger partial charge in [-0.3, -0.25) is 0 Å². The predicted octanol–water partition coefficient (Wildman–Crippen LogP) is 0.683. The summed E-state index contributed by atoms with van der Waals surface area (Å²) in [4.78, 5) is 0. The summed E-state index contributed by atoms with van der Waals surface area (Å²) in [5, 5.41) is 17.7. The van der Waals surface area contributed by atoms with Crippen molar-refractivity contribution in [2.45, 2.75) is 18.6 Å². The predicted molar refractivity (Wildman–Crippen MR) is 38.5 cm³/mol. The van der Waals surface area contributed by atoms with Gasteiger partial charge in [-0.2, -0.15) is 10.5 Å². The number of rotatable bonds is 0. The molecule has 1 heterocycles. The molecule has 0 radical (unpaired) electrons. The second kappa shape index (κ2) is 1.81. The molecule has 0 amide bonds. The first-order valence-electron chi connectivity index (χ1n) is 4.31.